The molecule has 4 amide bonds. The summed E-state index contributed by atoms with van der Waals surface area (Å²) in [5, 5.41) is 4.51. The number of nitrogens with zero attached hydrogens (tertiary/aromatic N) is 1. The van der Waals surface area contributed by atoms with Gasteiger partial charge in [-0.15, -0.1) is 0 Å². The van der Waals surface area contributed by atoms with Crippen molar-refractivity contribution >= 4 is 56.4 Å². The lowest BCUT2D eigenvalue weighted by atomic mass is 9.81. The summed E-state index contributed by atoms with van der Waals surface area (Å²) in [4.78, 5) is 50.1. The minimum atomic E-state index is -3.87. The number of benzene rings is 2. The van der Waals surface area contributed by atoms with Crippen molar-refractivity contribution < 1.29 is 28.0 Å². The monoisotopic (exact) mass is 481 g/mol. The Morgan fingerprint density at radius 2 is 1.88 bits per heavy atom. The van der Waals surface area contributed by atoms with Crippen LogP contribution in [-0.2, 0) is 26.9 Å². The highest BCUT2D eigenvalue weighted by atomic mass is 35.5. The zero-order chi connectivity index (χ0) is 24.8. The van der Waals surface area contributed by atoms with Crippen LogP contribution in [0.5, 0.6) is 0 Å². The van der Waals surface area contributed by atoms with Gasteiger partial charge in [-0.3, -0.25) is 24.5 Å². The average Bonchev–Trinajstić information content (AvgIpc) is 3.10. The van der Waals surface area contributed by atoms with E-state index in [1.807, 2.05) is 0 Å². The highest BCUT2D eigenvalue weighted by Crippen LogP contribution is 2.31. The van der Waals surface area contributed by atoms with Crippen molar-refractivity contribution in [2.75, 3.05) is 0 Å². The molecule has 0 aromatic heterocycles. The Labute approximate surface area is 201 Å². The summed E-state index contributed by atoms with van der Waals surface area (Å²) in [5.74, 6) is -8.32. The van der Waals surface area contributed by atoms with E-state index in [0.717, 1.165) is 12.1 Å². The van der Waals surface area contributed by atoms with Gasteiger partial charge in [0.15, 0.2) is 0 Å². The highest BCUT2D eigenvalue weighted by Gasteiger charge is 2.42. The number of alkyl halides is 2. The molecule has 34 heavy (non-hydrogen) atoms. The quantitative estimate of drug-likeness (QED) is 0.492. The van der Waals surface area contributed by atoms with Crippen LogP contribution in [0.1, 0.15) is 45.8 Å². The van der Waals surface area contributed by atoms with Crippen LogP contribution in [0.4, 0.5) is 8.78 Å². The Hall–Kier alpha value is -3.20. The van der Waals surface area contributed by atoms with E-state index >= 15 is 0 Å². The molecule has 170 valence electrons. The first-order chi connectivity index (χ1) is 16.0. The number of piperidine rings is 1. The summed E-state index contributed by atoms with van der Waals surface area (Å²) in [6.07, 6.45) is 0.266. The SMILES string of the molecule is [B]c1cc(C([B])NC(=O)C(F)(F)c2ccc(Cl)cc2)cc2c1C(=O)N(C1CCC(=O)NC1=O)C2. The van der Waals surface area contributed by atoms with Gasteiger partial charge in [0.1, 0.15) is 21.7 Å². The van der Waals surface area contributed by atoms with Crippen molar-refractivity contribution in [3.63, 3.8) is 0 Å². The molecule has 4 rings (SSSR count). The minimum absolute atomic E-state index is 0.0140. The van der Waals surface area contributed by atoms with Gasteiger partial charge in [0.25, 0.3) is 11.8 Å². The average molecular weight is 481 g/mol. The molecule has 1 saturated heterocycles. The zero-order valence-electron chi connectivity index (χ0n) is 17.6. The van der Waals surface area contributed by atoms with Gasteiger partial charge in [-0.05, 0) is 29.7 Å². The molecule has 2 unspecified atom stereocenters. The molecule has 12 heteroatoms. The van der Waals surface area contributed by atoms with Gasteiger partial charge in [0.05, 0.1) is 0 Å². The normalized spacial score (nSPS) is 19.0. The van der Waals surface area contributed by atoms with Crippen LogP contribution in [0.2, 0.25) is 5.02 Å². The fourth-order valence-corrected chi connectivity index (χ4v) is 4.18. The summed E-state index contributed by atoms with van der Waals surface area (Å²) in [6, 6.07) is 6.50. The van der Waals surface area contributed by atoms with E-state index < -0.39 is 47.1 Å². The fourth-order valence-electron chi connectivity index (χ4n) is 4.05. The number of carbonyl (C=O) groups excluding carboxylic acids is 4. The Kier molecular flexibility index (Phi) is 6.24. The molecule has 2 heterocycles. The third-order valence-electron chi connectivity index (χ3n) is 5.81. The molecule has 2 N–H and O–H groups in total. The maximum atomic E-state index is 14.6. The van der Waals surface area contributed by atoms with Gasteiger partial charge in [-0.2, -0.15) is 8.78 Å². The molecule has 0 bridgehead atoms. The molecule has 0 aliphatic carbocycles. The molecule has 2 aliphatic heterocycles. The first-order valence-corrected chi connectivity index (χ1v) is 10.6. The number of halogens is 3. The number of fused-ring (bicyclic) bond motifs is 1. The van der Waals surface area contributed by atoms with Crippen LogP contribution in [0.3, 0.4) is 0 Å². The maximum Gasteiger partial charge on any atom is 0.349 e. The molecular weight excluding hydrogens is 465 g/mol. The predicted octanol–water partition coefficient (Wildman–Crippen LogP) is 0.970. The van der Waals surface area contributed by atoms with Gasteiger partial charge >= 0.3 is 5.92 Å². The van der Waals surface area contributed by atoms with Gasteiger partial charge in [-0.1, -0.05) is 41.3 Å². The first-order valence-electron chi connectivity index (χ1n) is 10.3. The second kappa shape index (κ2) is 8.87. The summed E-state index contributed by atoms with van der Waals surface area (Å²) < 4.78 is 29.2. The van der Waals surface area contributed by atoms with Crippen molar-refractivity contribution in [1.29, 1.82) is 0 Å². The smallest absolute Gasteiger partial charge is 0.349 e. The van der Waals surface area contributed by atoms with E-state index in [4.69, 9.17) is 27.3 Å². The van der Waals surface area contributed by atoms with E-state index in [0.29, 0.717) is 5.56 Å². The number of nitrogens with one attached hydrogen (secondary N) is 2. The number of rotatable bonds is 5. The Bertz CT molecular complexity index is 1210. The van der Waals surface area contributed by atoms with Gasteiger partial charge in [0, 0.05) is 35.1 Å². The van der Waals surface area contributed by atoms with Crippen LogP contribution in [0.15, 0.2) is 36.4 Å². The number of carbonyl (C=O) groups is 4. The van der Waals surface area contributed by atoms with Crippen molar-refractivity contribution in [1.82, 2.24) is 15.5 Å². The third-order valence-corrected chi connectivity index (χ3v) is 6.06. The standard InChI is InChI=1S/C22H16B2ClF2N3O4/c23-14-8-10(18(24)29-21(34)22(26,27)12-1-3-13(25)4-2-12)7-11-9-30(20(33)17(11)14)15-5-6-16(31)28-19(15)32/h1-4,7-8,15,18H,5-6,9H2,(H,29,34)(H,28,31,32). The zero-order valence-corrected chi connectivity index (χ0v) is 18.4. The topological polar surface area (TPSA) is 95.6 Å². The molecule has 2 aromatic rings. The number of imide groups is 1. The lowest BCUT2D eigenvalue weighted by Gasteiger charge is -2.29. The summed E-state index contributed by atoms with van der Waals surface area (Å²) in [5.41, 5.74) is 0.272. The molecule has 4 radical (unpaired) electrons. The molecule has 7 nitrogen and oxygen atoms in total. The Balaban J connectivity index is 1.53. The highest BCUT2D eigenvalue weighted by molar-refractivity contribution is 6.37. The van der Waals surface area contributed by atoms with Crippen molar-refractivity contribution in [3.05, 3.63) is 63.7 Å². The third kappa shape index (κ3) is 4.32. The largest absolute Gasteiger partial charge is 0.352 e. The van der Waals surface area contributed by atoms with E-state index in [1.54, 1.807) is 0 Å². The lowest BCUT2D eigenvalue weighted by molar-refractivity contribution is -0.147. The number of hydrogen-bond acceptors (Lipinski definition) is 4. The van der Waals surface area contributed by atoms with Crippen molar-refractivity contribution in [2.45, 2.75) is 37.3 Å². The van der Waals surface area contributed by atoms with Crippen LogP contribution in [0.25, 0.3) is 0 Å². The van der Waals surface area contributed by atoms with Crippen LogP contribution in [0, 0.1) is 0 Å². The summed E-state index contributed by atoms with van der Waals surface area (Å²) >= 11 is 5.71. The van der Waals surface area contributed by atoms with Crippen molar-refractivity contribution in [2.24, 2.45) is 0 Å². The molecule has 0 spiro atoms. The van der Waals surface area contributed by atoms with Crippen LogP contribution < -0.4 is 16.1 Å². The second-order valence-electron chi connectivity index (χ2n) is 8.08. The van der Waals surface area contributed by atoms with Gasteiger partial charge < -0.3 is 10.2 Å². The fraction of sp³-hybridized carbons (Fsp3) is 0.273. The Morgan fingerprint density at radius 3 is 2.53 bits per heavy atom. The minimum Gasteiger partial charge on any atom is -0.352 e. The van der Waals surface area contributed by atoms with Gasteiger partial charge in [-0.25, -0.2) is 0 Å². The molecule has 2 atom stereocenters. The van der Waals surface area contributed by atoms with E-state index in [2.05, 4.69) is 10.6 Å². The summed E-state index contributed by atoms with van der Waals surface area (Å²) in [7, 11) is 12.0. The van der Waals surface area contributed by atoms with Crippen LogP contribution in [-0.4, -0.2) is 50.3 Å². The van der Waals surface area contributed by atoms with Gasteiger partial charge in [0.2, 0.25) is 11.8 Å². The molecule has 2 aromatic carbocycles. The predicted molar refractivity (Wildman–Crippen MR) is 120 cm³/mol. The summed E-state index contributed by atoms with van der Waals surface area (Å²) in [6.45, 7) is 0.0140. The first kappa shape index (κ1) is 23.9. The maximum absolute atomic E-state index is 14.6. The van der Waals surface area contributed by atoms with E-state index in [-0.39, 0.29) is 41.0 Å². The molecule has 1 fully saturated rings. The molecule has 2 aliphatic rings. The van der Waals surface area contributed by atoms with E-state index in [1.165, 1.54) is 29.2 Å². The Morgan fingerprint density at radius 1 is 1.21 bits per heavy atom. The second-order valence-corrected chi connectivity index (χ2v) is 8.51. The lowest BCUT2D eigenvalue weighted by Crippen LogP contribution is -2.52. The number of amides is 4. The van der Waals surface area contributed by atoms with Crippen molar-refractivity contribution in [3.8, 4) is 0 Å². The molecule has 0 saturated carbocycles. The van der Waals surface area contributed by atoms with E-state index in [9.17, 15) is 28.0 Å². The number of hydrogen-bond donors (Lipinski definition) is 2. The molecular formula is C22H16B2ClF2N3O4. The van der Waals surface area contributed by atoms with Crippen LogP contribution >= 0.6 is 11.6 Å².